The Labute approximate surface area is 135 Å². The van der Waals surface area contributed by atoms with Crippen LogP contribution >= 0.6 is 0 Å². The van der Waals surface area contributed by atoms with E-state index in [1.807, 2.05) is 36.4 Å². The Hall–Kier alpha value is -2.49. The van der Waals surface area contributed by atoms with Gasteiger partial charge in [0.25, 0.3) is 0 Å². The first kappa shape index (κ1) is 15.4. The van der Waals surface area contributed by atoms with Crippen LogP contribution < -0.4 is 0 Å². The minimum atomic E-state index is -0.383. The van der Waals surface area contributed by atoms with Crippen LogP contribution in [0.2, 0.25) is 0 Å². The van der Waals surface area contributed by atoms with Gasteiger partial charge in [0.15, 0.2) is 5.78 Å². The third-order valence-corrected chi connectivity index (χ3v) is 4.47. The van der Waals surface area contributed by atoms with Crippen molar-refractivity contribution >= 4 is 28.2 Å². The van der Waals surface area contributed by atoms with E-state index in [1.54, 1.807) is 11.0 Å². The zero-order valence-electron chi connectivity index (χ0n) is 13.1. The summed E-state index contributed by atoms with van der Waals surface area (Å²) in [5, 5.41) is 2.10. The molecule has 1 atom stereocenters. The van der Waals surface area contributed by atoms with Gasteiger partial charge in [-0.1, -0.05) is 36.4 Å². The van der Waals surface area contributed by atoms with Crippen molar-refractivity contribution in [1.82, 2.24) is 4.90 Å². The molecule has 0 spiro atoms. The van der Waals surface area contributed by atoms with Crippen molar-refractivity contribution in [2.24, 2.45) is 5.92 Å². The highest BCUT2D eigenvalue weighted by molar-refractivity contribution is 6.02. The fourth-order valence-electron chi connectivity index (χ4n) is 3.08. The van der Waals surface area contributed by atoms with Crippen LogP contribution in [-0.4, -0.2) is 35.5 Å². The maximum atomic E-state index is 12.5. The summed E-state index contributed by atoms with van der Waals surface area (Å²) in [5.41, 5.74) is 0.622. The number of hydrogen-bond acceptors (Lipinski definition) is 3. The molecule has 0 aromatic heterocycles. The molecule has 23 heavy (non-hydrogen) atoms. The molecule has 4 nitrogen and oxygen atoms in total. The predicted octanol–water partition coefficient (Wildman–Crippen LogP) is 2.85. The average molecular weight is 309 g/mol. The van der Waals surface area contributed by atoms with Crippen LogP contribution in [0.4, 0.5) is 0 Å². The summed E-state index contributed by atoms with van der Waals surface area (Å²) in [6.07, 6.45) is 0.510. The Morgan fingerprint density at radius 1 is 1.13 bits per heavy atom. The molecule has 4 heteroatoms. The molecule has 0 bridgehead atoms. The van der Waals surface area contributed by atoms with E-state index < -0.39 is 0 Å². The van der Waals surface area contributed by atoms with Crippen LogP contribution in [0.5, 0.6) is 0 Å². The summed E-state index contributed by atoms with van der Waals surface area (Å²) < 4.78 is 0. The maximum Gasteiger partial charge on any atom is 0.219 e. The lowest BCUT2D eigenvalue weighted by atomic mass is 9.89. The first-order valence-corrected chi connectivity index (χ1v) is 7.85. The first-order valence-electron chi connectivity index (χ1n) is 7.85. The maximum absolute atomic E-state index is 12.5. The van der Waals surface area contributed by atoms with E-state index >= 15 is 0 Å². The van der Waals surface area contributed by atoms with Crippen molar-refractivity contribution in [3.05, 3.63) is 48.0 Å². The number of likely N-dealkylation sites (tertiary alicyclic amines) is 1. The van der Waals surface area contributed by atoms with Crippen molar-refractivity contribution in [1.29, 1.82) is 0 Å². The molecule has 0 saturated carbocycles. The van der Waals surface area contributed by atoms with Crippen LogP contribution in [-0.2, 0) is 9.59 Å². The molecule has 1 heterocycles. The zero-order chi connectivity index (χ0) is 16.4. The number of carbonyl (C=O) groups is 3. The second kappa shape index (κ2) is 6.32. The van der Waals surface area contributed by atoms with Crippen LogP contribution in [0.25, 0.3) is 10.8 Å². The Balaban J connectivity index is 1.76. The Bertz CT molecular complexity index is 781. The zero-order valence-corrected chi connectivity index (χ0v) is 13.1. The molecule has 2 aromatic carbocycles. The van der Waals surface area contributed by atoms with Gasteiger partial charge in [-0.25, -0.2) is 0 Å². The van der Waals surface area contributed by atoms with Gasteiger partial charge >= 0.3 is 0 Å². The number of ketones is 2. The molecule has 1 aliphatic heterocycles. The predicted molar refractivity (Wildman–Crippen MR) is 88.3 cm³/mol. The topological polar surface area (TPSA) is 54.5 Å². The average Bonchev–Trinajstić information content (AvgIpc) is 2.56. The molecular formula is C19H19NO3. The van der Waals surface area contributed by atoms with Crippen molar-refractivity contribution in [2.75, 3.05) is 13.1 Å². The summed E-state index contributed by atoms with van der Waals surface area (Å²) in [4.78, 5) is 37.7. The minimum absolute atomic E-state index is 0.0411. The highest BCUT2D eigenvalue weighted by Gasteiger charge is 2.30. The first-order chi connectivity index (χ1) is 11.0. The van der Waals surface area contributed by atoms with Crippen LogP contribution in [0.1, 0.15) is 30.1 Å². The summed E-state index contributed by atoms with van der Waals surface area (Å²) in [6.45, 7) is 2.32. The molecule has 0 N–H and O–H groups in total. The Morgan fingerprint density at radius 2 is 1.87 bits per heavy atom. The third-order valence-electron chi connectivity index (χ3n) is 4.47. The summed E-state index contributed by atoms with van der Waals surface area (Å²) in [7, 11) is 0. The van der Waals surface area contributed by atoms with E-state index in [4.69, 9.17) is 0 Å². The smallest absolute Gasteiger partial charge is 0.219 e. The van der Waals surface area contributed by atoms with E-state index in [9.17, 15) is 14.4 Å². The lowest BCUT2D eigenvalue weighted by Crippen LogP contribution is -2.43. The molecular weight excluding hydrogens is 290 g/mol. The van der Waals surface area contributed by atoms with Gasteiger partial charge in [0.1, 0.15) is 5.78 Å². The van der Waals surface area contributed by atoms with E-state index in [-0.39, 0.29) is 29.8 Å². The molecule has 118 valence electrons. The van der Waals surface area contributed by atoms with Gasteiger partial charge in [0.05, 0.1) is 0 Å². The van der Waals surface area contributed by atoms with Crippen LogP contribution in [0.15, 0.2) is 42.5 Å². The van der Waals surface area contributed by atoms with Crippen LogP contribution in [0.3, 0.4) is 0 Å². The van der Waals surface area contributed by atoms with Gasteiger partial charge < -0.3 is 4.90 Å². The number of Topliss-reactive ketones (excluding diaryl/α,β-unsaturated/α-hetero) is 2. The van der Waals surface area contributed by atoms with Gasteiger partial charge in [-0.05, 0) is 16.8 Å². The highest BCUT2D eigenvalue weighted by Crippen LogP contribution is 2.21. The molecule has 0 aliphatic carbocycles. The highest BCUT2D eigenvalue weighted by atomic mass is 16.2. The number of rotatable bonds is 3. The van der Waals surface area contributed by atoms with Crippen molar-refractivity contribution in [2.45, 2.75) is 19.8 Å². The Morgan fingerprint density at radius 3 is 2.61 bits per heavy atom. The number of carbonyl (C=O) groups excluding carboxylic acids is 3. The molecule has 0 radical (unpaired) electrons. The second-order valence-electron chi connectivity index (χ2n) is 6.07. The van der Waals surface area contributed by atoms with Gasteiger partial charge in [-0.2, -0.15) is 0 Å². The third kappa shape index (κ3) is 3.31. The van der Waals surface area contributed by atoms with Crippen molar-refractivity contribution in [3.63, 3.8) is 0 Å². The minimum Gasteiger partial charge on any atom is -0.342 e. The molecule has 1 unspecified atom stereocenters. The molecule has 1 aliphatic rings. The molecule has 1 fully saturated rings. The largest absolute Gasteiger partial charge is 0.342 e. The van der Waals surface area contributed by atoms with Crippen molar-refractivity contribution < 1.29 is 14.4 Å². The standard InChI is InChI=1S/C19H19NO3/c1-13(21)20-9-8-18(22)17(12-20)11-19(23)16-7-6-14-4-2-3-5-15(14)10-16/h2-7,10,17H,8-9,11-12H2,1H3. The summed E-state index contributed by atoms with van der Waals surface area (Å²) >= 11 is 0. The Kier molecular flexibility index (Phi) is 4.24. The number of nitrogens with zero attached hydrogens (tertiary/aromatic N) is 1. The number of benzene rings is 2. The van der Waals surface area contributed by atoms with E-state index in [0.717, 1.165) is 10.8 Å². The lowest BCUT2D eigenvalue weighted by molar-refractivity contribution is -0.135. The van der Waals surface area contributed by atoms with Gasteiger partial charge in [0, 0.05) is 44.3 Å². The number of piperidine rings is 1. The monoisotopic (exact) mass is 309 g/mol. The van der Waals surface area contributed by atoms with Crippen molar-refractivity contribution in [3.8, 4) is 0 Å². The lowest BCUT2D eigenvalue weighted by Gasteiger charge is -2.30. The van der Waals surface area contributed by atoms with E-state index in [2.05, 4.69) is 0 Å². The fourth-order valence-corrected chi connectivity index (χ4v) is 3.08. The fraction of sp³-hybridized carbons (Fsp3) is 0.316. The van der Waals surface area contributed by atoms with E-state index in [1.165, 1.54) is 6.92 Å². The van der Waals surface area contributed by atoms with Crippen LogP contribution in [0, 0.1) is 5.92 Å². The number of fused-ring (bicyclic) bond motifs is 1. The molecule has 1 amide bonds. The number of hydrogen-bond donors (Lipinski definition) is 0. The quantitative estimate of drug-likeness (QED) is 0.819. The van der Waals surface area contributed by atoms with Gasteiger partial charge in [-0.15, -0.1) is 0 Å². The SMILES string of the molecule is CC(=O)N1CCC(=O)C(CC(=O)c2ccc3ccccc3c2)C1. The number of amides is 1. The van der Waals surface area contributed by atoms with E-state index in [0.29, 0.717) is 25.1 Å². The van der Waals surface area contributed by atoms with Gasteiger partial charge in [0.2, 0.25) is 5.91 Å². The molecule has 3 rings (SSSR count). The summed E-state index contributed by atoms with van der Waals surface area (Å²) in [6, 6.07) is 13.5. The molecule has 2 aromatic rings. The summed E-state index contributed by atoms with van der Waals surface area (Å²) in [5.74, 6) is -0.386. The van der Waals surface area contributed by atoms with Gasteiger partial charge in [-0.3, -0.25) is 14.4 Å². The normalized spacial score (nSPS) is 18.2. The second-order valence-corrected chi connectivity index (χ2v) is 6.07. The molecule has 1 saturated heterocycles.